The zero-order chi connectivity index (χ0) is 15.4. The second-order valence-corrected chi connectivity index (χ2v) is 5.84. The number of carbonyl (C=O) groups is 1. The number of hydrogen-bond acceptors (Lipinski definition) is 5. The van der Waals surface area contributed by atoms with E-state index in [4.69, 9.17) is 5.73 Å². The number of nitrogens with two attached hydrogens (primary N) is 1. The summed E-state index contributed by atoms with van der Waals surface area (Å²) in [6, 6.07) is 6.28. The van der Waals surface area contributed by atoms with E-state index < -0.39 is 0 Å². The minimum absolute atomic E-state index is 0.194. The Morgan fingerprint density at radius 3 is 2.90 bits per heavy atom. The van der Waals surface area contributed by atoms with Crippen LogP contribution in [0, 0.1) is 5.82 Å². The lowest BCUT2D eigenvalue weighted by molar-refractivity contribution is 0.0955. The maximum Gasteiger partial charge on any atom is 0.265 e. The molecule has 112 valence electrons. The predicted octanol–water partition coefficient (Wildman–Crippen LogP) is 2.61. The molecule has 0 bridgehead atoms. The highest BCUT2D eigenvalue weighted by molar-refractivity contribution is 7.18. The second kappa shape index (κ2) is 6.53. The molecule has 5 nitrogen and oxygen atoms in total. The highest BCUT2D eigenvalue weighted by Crippen LogP contribution is 2.25. The highest BCUT2D eigenvalue weighted by atomic mass is 32.1. The molecule has 0 saturated heterocycles. The van der Waals surface area contributed by atoms with Crippen molar-refractivity contribution in [3.8, 4) is 0 Å². The van der Waals surface area contributed by atoms with Crippen molar-refractivity contribution >= 4 is 28.2 Å². The lowest BCUT2D eigenvalue weighted by Gasteiger charge is -2.05. The fourth-order valence-electron chi connectivity index (χ4n) is 1.71. The molecule has 0 aliphatic heterocycles. The van der Waals surface area contributed by atoms with Crippen LogP contribution in [0.15, 0.2) is 24.3 Å². The van der Waals surface area contributed by atoms with E-state index in [1.165, 1.54) is 23.5 Å². The maximum atomic E-state index is 13.1. The van der Waals surface area contributed by atoms with Gasteiger partial charge in [-0.3, -0.25) is 4.79 Å². The molecule has 1 amide bonds. The first-order valence-electron chi connectivity index (χ1n) is 6.51. The summed E-state index contributed by atoms with van der Waals surface area (Å²) >= 11 is 1.20. The first-order chi connectivity index (χ1) is 9.95. The van der Waals surface area contributed by atoms with E-state index in [0.717, 1.165) is 0 Å². The Bertz CT molecular complexity index is 642. The van der Waals surface area contributed by atoms with E-state index >= 15 is 0 Å². The third-order valence-corrected chi connectivity index (χ3v) is 3.61. The van der Waals surface area contributed by atoms with E-state index in [1.54, 1.807) is 12.1 Å². The Kier molecular flexibility index (Phi) is 4.74. The van der Waals surface area contributed by atoms with Gasteiger partial charge >= 0.3 is 0 Å². The molecule has 0 unspecified atom stereocenters. The molecule has 0 fully saturated rings. The third-order valence-electron chi connectivity index (χ3n) is 2.61. The lowest BCUT2D eigenvalue weighted by Crippen LogP contribution is -2.22. The fourth-order valence-corrected chi connectivity index (χ4v) is 2.66. The van der Waals surface area contributed by atoms with Crippen molar-refractivity contribution in [3.63, 3.8) is 0 Å². The van der Waals surface area contributed by atoms with Crippen molar-refractivity contribution in [2.24, 2.45) is 0 Å². The Morgan fingerprint density at radius 1 is 1.48 bits per heavy atom. The molecular weight excluding hydrogens is 291 g/mol. The molecule has 0 atom stereocenters. The standard InChI is InChI=1S/C14H17FN4OS/c1-8(2)18-14-19-12(16)11(21-14)13(20)17-7-9-4-3-5-10(15)6-9/h3-6,8H,7,16H2,1-2H3,(H,17,20)(H,18,19). The molecule has 0 saturated carbocycles. The van der Waals surface area contributed by atoms with Gasteiger partial charge < -0.3 is 16.4 Å². The molecule has 1 aromatic heterocycles. The maximum absolute atomic E-state index is 13.1. The van der Waals surface area contributed by atoms with Crippen molar-refractivity contribution in [2.75, 3.05) is 11.1 Å². The SMILES string of the molecule is CC(C)Nc1nc(N)c(C(=O)NCc2cccc(F)c2)s1. The number of halogens is 1. The monoisotopic (exact) mass is 308 g/mol. The summed E-state index contributed by atoms with van der Waals surface area (Å²) in [6.45, 7) is 4.18. The number of anilines is 2. The van der Waals surface area contributed by atoms with Gasteiger partial charge in [-0.15, -0.1) is 0 Å². The van der Waals surface area contributed by atoms with E-state index in [1.807, 2.05) is 13.8 Å². The van der Waals surface area contributed by atoms with E-state index in [0.29, 0.717) is 15.6 Å². The normalized spacial score (nSPS) is 10.7. The van der Waals surface area contributed by atoms with Gasteiger partial charge in [0.25, 0.3) is 5.91 Å². The van der Waals surface area contributed by atoms with Gasteiger partial charge in [-0.1, -0.05) is 23.5 Å². The summed E-state index contributed by atoms with van der Waals surface area (Å²) in [4.78, 5) is 16.5. The molecule has 0 aliphatic rings. The minimum atomic E-state index is -0.331. The van der Waals surface area contributed by atoms with Crippen LogP contribution in [0.4, 0.5) is 15.3 Å². The van der Waals surface area contributed by atoms with Crippen LogP contribution in [0.3, 0.4) is 0 Å². The highest BCUT2D eigenvalue weighted by Gasteiger charge is 2.16. The number of nitrogen functional groups attached to an aromatic ring is 1. The Labute approximate surface area is 126 Å². The first-order valence-corrected chi connectivity index (χ1v) is 7.33. The van der Waals surface area contributed by atoms with Crippen molar-refractivity contribution in [3.05, 3.63) is 40.5 Å². The van der Waals surface area contributed by atoms with E-state index in [-0.39, 0.29) is 30.1 Å². The quantitative estimate of drug-likeness (QED) is 0.793. The average molecular weight is 308 g/mol. The van der Waals surface area contributed by atoms with E-state index in [9.17, 15) is 9.18 Å². The molecule has 4 N–H and O–H groups in total. The van der Waals surface area contributed by atoms with Crippen LogP contribution in [0.1, 0.15) is 29.1 Å². The van der Waals surface area contributed by atoms with Crippen LogP contribution >= 0.6 is 11.3 Å². The molecule has 0 radical (unpaired) electrons. The number of benzene rings is 1. The van der Waals surface area contributed by atoms with Gasteiger partial charge in [-0.05, 0) is 31.5 Å². The number of hydrogen-bond donors (Lipinski definition) is 3. The van der Waals surface area contributed by atoms with Crippen LogP contribution in [0.25, 0.3) is 0 Å². The van der Waals surface area contributed by atoms with Crippen molar-refractivity contribution in [2.45, 2.75) is 26.4 Å². The lowest BCUT2D eigenvalue weighted by atomic mass is 10.2. The number of amides is 1. The second-order valence-electron chi connectivity index (χ2n) is 4.85. The van der Waals surface area contributed by atoms with Crippen LogP contribution in [0.5, 0.6) is 0 Å². The van der Waals surface area contributed by atoms with Crippen LogP contribution in [-0.4, -0.2) is 16.9 Å². The van der Waals surface area contributed by atoms with Gasteiger partial charge in [0.15, 0.2) is 5.13 Å². The summed E-state index contributed by atoms with van der Waals surface area (Å²) < 4.78 is 13.1. The molecule has 7 heteroatoms. The summed E-state index contributed by atoms with van der Waals surface area (Å²) in [5, 5.41) is 6.42. The van der Waals surface area contributed by atoms with Crippen molar-refractivity contribution < 1.29 is 9.18 Å². The van der Waals surface area contributed by atoms with Crippen molar-refractivity contribution in [1.82, 2.24) is 10.3 Å². The number of carbonyl (C=O) groups excluding carboxylic acids is 1. The first kappa shape index (κ1) is 15.2. The van der Waals surface area contributed by atoms with Gasteiger partial charge in [-0.2, -0.15) is 0 Å². The molecule has 2 rings (SSSR count). The van der Waals surface area contributed by atoms with Gasteiger partial charge in [0.1, 0.15) is 16.5 Å². The number of rotatable bonds is 5. The van der Waals surface area contributed by atoms with Gasteiger partial charge in [0, 0.05) is 12.6 Å². The summed E-state index contributed by atoms with van der Waals surface area (Å²) in [7, 11) is 0. The fraction of sp³-hybridized carbons (Fsp3) is 0.286. The molecule has 1 aromatic carbocycles. The molecule has 2 aromatic rings. The van der Waals surface area contributed by atoms with Crippen LogP contribution in [0.2, 0.25) is 0 Å². The zero-order valence-corrected chi connectivity index (χ0v) is 12.6. The van der Waals surface area contributed by atoms with Crippen LogP contribution < -0.4 is 16.4 Å². The van der Waals surface area contributed by atoms with Crippen LogP contribution in [-0.2, 0) is 6.54 Å². The molecular formula is C14H17FN4OS. The third kappa shape index (κ3) is 4.16. The minimum Gasteiger partial charge on any atom is -0.382 e. The molecule has 1 heterocycles. The Morgan fingerprint density at radius 2 is 2.24 bits per heavy atom. The topological polar surface area (TPSA) is 80.0 Å². The van der Waals surface area contributed by atoms with Crippen molar-refractivity contribution in [1.29, 1.82) is 0 Å². The number of thiazole rings is 1. The number of nitrogens with one attached hydrogen (secondary N) is 2. The van der Waals surface area contributed by atoms with Gasteiger partial charge in [0.2, 0.25) is 0 Å². The van der Waals surface area contributed by atoms with Gasteiger partial charge in [0.05, 0.1) is 0 Å². The summed E-state index contributed by atoms with van der Waals surface area (Å²) in [5.74, 6) is -0.451. The Balaban J connectivity index is 2.01. The molecule has 0 spiro atoms. The number of nitrogens with zero attached hydrogens (tertiary/aromatic N) is 1. The molecule has 0 aliphatic carbocycles. The predicted molar refractivity (Wildman–Crippen MR) is 82.9 cm³/mol. The summed E-state index contributed by atoms with van der Waals surface area (Å²) in [5.41, 5.74) is 6.44. The molecule has 21 heavy (non-hydrogen) atoms. The Hall–Kier alpha value is -2.15. The zero-order valence-electron chi connectivity index (χ0n) is 11.8. The smallest absolute Gasteiger partial charge is 0.265 e. The van der Waals surface area contributed by atoms with E-state index in [2.05, 4.69) is 15.6 Å². The van der Waals surface area contributed by atoms with Gasteiger partial charge in [-0.25, -0.2) is 9.37 Å². The largest absolute Gasteiger partial charge is 0.382 e. The average Bonchev–Trinajstić information content (AvgIpc) is 2.76. The summed E-state index contributed by atoms with van der Waals surface area (Å²) in [6.07, 6.45) is 0. The number of aromatic nitrogens is 1.